The molecule has 1 aliphatic rings. The van der Waals surface area contributed by atoms with Crippen LogP contribution in [0.15, 0.2) is 54.6 Å². The number of likely N-dealkylation sites (tertiary alicyclic amines) is 1. The number of carbonyl (C=O) groups excluding carboxylic acids is 2. The highest BCUT2D eigenvalue weighted by Gasteiger charge is 2.37. The van der Waals surface area contributed by atoms with E-state index in [1.807, 2.05) is 54.6 Å². The number of hydrogen-bond donors (Lipinski definition) is 0. The molecule has 1 unspecified atom stereocenters. The fraction of sp³-hybridized carbons (Fsp3) is 0.333. The number of ketones is 1. The molecule has 0 bridgehead atoms. The zero-order valence-corrected chi connectivity index (χ0v) is 15.7. The second-order valence-electron chi connectivity index (χ2n) is 6.36. The number of carbonyl (C=O) groups is 2. The minimum absolute atomic E-state index is 0.0743. The molecule has 1 atom stereocenters. The molecule has 0 N–H and O–H groups in total. The van der Waals surface area contributed by atoms with E-state index < -0.39 is 0 Å². The number of thioether (sulfide) groups is 1. The van der Waals surface area contributed by atoms with Crippen LogP contribution in [-0.2, 0) is 21.8 Å². The van der Waals surface area contributed by atoms with E-state index in [1.165, 1.54) is 5.56 Å². The number of aryl methyl sites for hydroxylation is 1. The first-order valence-electron chi connectivity index (χ1n) is 8.75. The van der Waals surface area contributed by atoms with Crippen LogP contribution >= 0.6 is 11.8 Å². The lowest BCUT2D eigenvalue weighted by atomic mass is 10.1. The fourth-order valence-electron chi connectivity index (χ4n) is 2.88. The van der Waals surface area contributed by atoms with Crippen molar-refractivity contribution in [2.75, 3.05) is 13.7 Å². The minimum Gasteiger partial charge on any atom is -0.497 e. The van der Waals surface area contributed by atoms with Crippen LogP contribution in [0.5, 0.6) is 5.75 Å². The lowest BCUT2D eigenvalue weighted by Gasteiger charge is -2.39. The monoisotopic (exact) mass is 369 g/mol. The first-order valence-corrected chi connectivity index (χ1v) is 9.80. The Morgan fingerprint density at radius 2 is 1.85 bits per heavy atom. The summed E-state index contributed by atoms with van der Waals surface area (Å²) in [5.74, 6) is 1.85. The largest absolute Gasteiger partial charge is 0.497 e. The van der Waals surface area contributed by atoms with Crippen LogP contribution in [0.2, 0.25) is 0 Å². The Morgan fingerprint density at radius 1 is 1.12 bits per heavy atom. The third-order valence-electron chi connectivity index (χ3n) is 4.50. The molecule has 0 radical (unpaired) electrons. The van der Waals surface area contributed by atoms with Gasteiger partial charge in [0.1, 0.15) is 5.75 Å². The van der Waals surface area contributed by atoms with E-state index in [2.05, 4.69) is 0 Å². The topological polar surface area (TPSA) is 46.6 Å². The Kier molecular flexibility index (Phi) is 6.34. The van der Waals surface area contributed by atoms with Crippen molar-refractivity contribution in [2.45, 2.75) is 30.4 Å². The number of methoxy groups -OCH3 is 1. The predicted octanol–water partition coefficient (Wildman–Crippen LogP) is 3.69. The molecule has 4 nitrogen and oxygen atoms in total. The van der Waals surface area contributed by atoms with E-state index in [0.717, 1.165) is 23.5 Å². The summed E-state index contributed by atoms with van der Waals surface area (Å²) < 4.78 is 5.16. The van der Waals surface area contributed by atoms with Crippen LogP contribution < -0.4 is 4.74 Å². The van der Waals surface area contributed by atoms with Gasteiger partial charge < -0.3 is 9.64 Å². The summed E-state index contributed by atoms with van der Waals surface area (Å²) in [5.41, 5.74) is 2.34. The van der Waals surface area contributed by atoms with E-state index >= 15 is 0 Å². The highest BCUT2D eigenvalue weighted by atomic mass is 32.2. The smallest absolute Gasteiger partial charge is 0.226 e. The van der Waals surface area contributed by atoms with Crippen molar-refractivity contribution in [1.29, 1.82) is 0 Å². The first-order chi connectivity index (χ1) is 12.7. The van der Waals surface area contributed by atoms with E-state index in [1.54, 1.807) is 23.8 Å². The first kappa shape index (κ1) is 18.5. The maximum atomic E-state index is 12.2. The summed E-state index contributed by atoms with van der Waals surface area (Å²) in [6, 6.07) is 17.9. The van der Waals surface area contributed by atoms with Crippen molar-refractivity contribution in [2.24, 2.45) is 0 Å². The average Bonchev–Trinajstić information content (AvgIpc) is 2.69. The highest BCUT2D eigenvalue weighted by molar-refractivity contribution is 7.99. The lowest BCUT2D eigenvalue weighted by molar-refractivity contribution is -0.144. The number of benzene rings is 2. The minimum atomic E-state index is 0.0743. The van der Waals surface area contributed by atoms with Crippen LogP contribution in [-0.4, -0.2) is 35.6 Å². The van der Waals surface area contributed by atoms with Gasteiger partial charge in [0.05, 0.1) is 25.4 Å². The number of ether oxygens (including phenoxy) is 1. The number of amides is 1. The van der Waals surface area contributed by atoms with Gasteiger partial charge in [-0.2, -0.15) is 0 Å². The summed E-state index contributed by atoms with van der Waals surface area (Å²) >= 11 is 1.71. The summed E-state index contributed by atoms with van der Waals surface area (Å²) in [7, 11) is 1.65. The summed E-state index contributed by atoms with van der Waals surface area (Å²) in [4.78, 5) is 25.8. The Hall–Kier alpha value is -2.27. The van der Waals surface area contributed by atoms with Gasteiger partial charge in [-0.15, -0.1) is 11.8 Å². The molecule has 0 spiro atoms. The van der Waals surface area contributed by atoms with E-state index in [0.29, 0.717) is 12.8 Å². The van der Waals surface area contributed by atoms with Crippen molar-refractivity contribution in [3.8, 4) is 5.75 Å². The van der Waals surface area contributed by atoms with E-state index in [4.69, 9.17) is 4.74 Å². The molecule has 136 valence electrons. The second kappa shape index (κ2) is 8.90. The van der Waals surface area contributed by atoms with Gasteiger partial charge in [-0.25, -0.2) is 0 Å². The van der Waals surface area contributed by atoms with Gasteiger partial charge in [0.25, 0.3) is 0 Å². The summed E-state index contributed by atoms with van der Waals surface area (Å²) in [5, 5.41) is 0.102. The van der Waals surface area contributed by atoms with Crippen LogP contribution in [0, 0.1) is 0 Å². The van der Waals surface area contributed by atoms with Crippen LogP contribution in [0.25, 0.3) is 0 Å². The third-order valence-corrected chi connectivity index (χ3v) is 5.81. The predicted molar refractivity (Wildman–Crippen MR) is 104 cm³/mol. The number of rotatable bonds is 9. The summed E-state index contributed by atoms with van der Waals surface area (Å²) in [6.07, 6.45) is 1.72. The van der Waals surface area contributed by atoms with Crippen molar-refractivity contribution < 1.29 is 14.3 Å². The molecule has 2 aromatic carbocycles. The summed E-state index contributed by atoms with van der Waals surface area (Å²) in [6.45, 7) is 0.228. The average molecular weight is 369 g/mol. The Morgan fingerprint density at radius 3 is 2.50 bits per heavy atom. The molecular formula is C21H23NO3S. The van der Waals surface area contributed by atoms with Gasteiger partial charge in [0.2, 0.25) is 5.91 Å². The van der Waals surface area contributed by atoms with Crippen LogP contribution in [0.4, 0.5) is 0 Å². The lowest BCUT2D eigenvalue weighted by Crippen LogP contribution is -2.52. The fourth-order valence-corrected chi connectivity index (χ4v) is 4.09. The van der Waals surface area contributed by atoms with Crippen LogP contribution in [0.1, 0.15) is 24.0 Å². The Labute approximate surface area is 158 Å². The molecule has 3 rings (SSSR count). The third kappa shape index (κ3) is 4.88. The van der Waals surface area contributed by atoms with Gasteiger partial charge in [-0.1, -0.05) is 42.5 Å². The van der Waals surface area contributed by atoms with Crippen molar-refractivity contribution in [3.63, 3.8) is 0 Å². The molecule has 5 heteroatoms. The standard InChI is InChI=1S/C21H23NO3S/c1-25-19-11-8-17(9-12-19)15-26-21-13-20(24)22(21)14-18(23)10-7-16-5-3-2-4-6-16/h2-6,8-9,11-12,21H,7,10,13-15H2,1H3. The number of nitrogens with zero attached hydrogens (tertiary/aromatic N) is 1. The molecule has 1 saturated heterocycles. The molecule has 1 amide bonds. The molecule has 2 aromatic rings. The Balaban J connectivity index is 1.44. The quantitative estimate of drug-likeness (QED) is 0.633. The molecule has 26 heavy (non-hydrogen) atoms. The van der Waals surface area contributed by atoms with Crippen molar-refractivity contribution in [3.05, 3.63) is 65.7 Å². The number of hydrogen-bond acceptors (Lipinski definition) is 4. The van der Waals surface area contributed by atoms with Crippen molar-refractivity contribution in [1.82, 2.24) is 4.90 Å². The number of Topliss-reactive ketones (excluding diaryl/α,β-unsaturated/α-hetero) is 1. The molecule has 0 saturated carbocycles. The molecular weight excluding hydrogens is 346 g/mol. The SMILES string of the molecule is COc1ccc(CSC2CC(=O)N2CC(=O)CCc2ccccc2)cc1. The second-order valence-corrected chi connectivity index (χ2v) is 7.53. The molecule has 1 aliphatic heterocycles. The normalized spacial score (nSPS) is 16.3. The zero-order valence-electron chi connectivity index (χ0n) is 14.9. The Bertz CT molecular complexity index is 746. The van der Waals surface area contributed by atoms with Gasteiger partial charge in [0, 0.05) is 12.2 Å². The molecule has 1 fully saturated rings. The molecule has 1 heterocycles. The van der Waals surface area contributed by atoms with Gasteiger partial charge in [0.15, 0.2) is 5.78 Å². The van der Waals surface area contributed by atoms with Gasteiger partial charge in [-0.3, -0.25) is 9.59 Å². The zero-order chi connectivity index (χ0) is 18.4. The highest BCUT2D eigenvalue weighted by Crippen LogP contribution is 2.32. The maximum Gasteiger partial charge on any atom is 0.226 e. The van der Waals surface area contributed by atoms with Crippen LogP contribution in [0.3, 0.4) is 0 Å². The van der Waals surface area contributed by atoms with E-state index in [9.17, 15) is 9.59 Å². The maximum absolute atomic E-state index is 12.2. The van der Waals surface area contributed by atoms with Gasteiger partial charge >= 0.3 is 0 Å². The van der Waals surface area contributed by atoms with E-state index in [-0.39, 0.29) is 23.6 Å². The van der Waals surface area contributed by atoms with Gasteiger partial charge in [-0.05, 0) is 29.7 Å². The van der Waals surface area contributed by atoms with Crippen molar-refractivity contribution >= 4 is 23.5 Å². The molecule has 0 aromatic heterocycles. The molecule has 0 aliphatic carbocycles. The number of β-lactam (4-membered cyclic amide) rings is 1.